The number of benzene rings is 2. The molecule has 2 aromatic rings. The molecule has 0 heterocycles. The monoisotopic (exact) mass is 535 g/mol. The number of aryl methyl sites for hydroxylation is 1. The summed E-state index contributed by atoms with van der Waals surface area (Å²) in [5.74, 6) is -0.427. The maximum Gasteiger partial charge on any atom is 0.243 e. The number of carbonyl (C=O) groups excluding carboxylic acids is 2. The Morgan fingerprint density at radius 3 is 2.25 bits per heavy atom. The van der Waals surface area contributed by atoms with E-state index < -0.39 is 16.1 Å². The molecule has 2 atom stereocenters. The average Bonchev–Trinajstić information content (AvgIpc) is 2.82. The minimum absolute atomic E-state index is 0.0127. The predicted molar refractivity (Wildman–Crippen MR) is 147 cm³/mol. The summed E-state index contributed by atoms with van der Waals surface area (Å²) in [4.78, 5) is 28.1. The Morgan fingerprint density at radius 1 is 1.03 bits per heavy atom. The zero-order valence-corrected chi connectivity index (χ0v) is 23.4. The number of hydrogen-bond acceptors (Lipinski definition) is 4. The van der Waals surface area contributed by atoms with E-state index in [0.717, 1.165) is 23.8 Å². The molecule has 0 aliphatic rings. The number of nitrogens with one attached hydrogen (secondary N) is 1. The topological polar surface area (TPSA) is 86.8 Å². The summed E-state index contributed by atoms with van der Waals surface area (Å²) in [6, 6.07) is 13.8. The Hall–Kier alpha value is -2.58. The van der Waals surface area contributed by atoms with E-state index >= 15 is 0 Å². The van der Waals surface area contributed by atoms with Crippen molar-refractivity contribution in [3.05, 3.63) is 64.7 Å². The van der Waals surface area contributed by atoms with Crippen molar-refractivity contribution >= 4 is 39.1 Å². The van der Waals surface area contributed by atoms with Gasteiger partial charge >= 0.3 is 0 Å². The first kappa shape index (κ1) is 29.6. The molecule has 2 rings (SSSR count). The van der Waals surface area contributed by atoms with Gasteiger partial charge in [0, 0.05) is 30.6 Å². The van der Waals surface area contributed by atoms with Gasteiger partial charge in [-0.15, -0.1) is 0 Å². The van der Waals surface area contributed by atoms with Gasteiger partial charge in [0.15, 0.2) is 0 Å². The second-order valence-corrected chi connectivity index (χ2v) is 11.4. The van der Waals surface area contributed by atoms with Crippen molar-refractivity contribution in [2.75, 3.05) is 17.1 Å². The van der Waals surface area contributed by atoms with Crippen molar-refractivity contribution in [1.82, 2.24) is 10.2 Å². The first-order chi connectivity index (χ1) is 17.0. The van der Waals surface area contributed by atoms with Crippen LogP contribution in [0.15, 0.2) is 48.5 Å². The maximum absolute atomic E-state index is 13.5. The van der Waals surface area contributed by atoms with Crippen molar-refractivity contribution in [3.63, 3.8) is 0 Å². The summed E-state index contributed by atoms with van der Waals surface area (Å²) >= 11 is 6.37. The second-order valence-electron chi connectivity index (χ2n) is 9.08. The number of rotatable bonds is 13. The SMILES string of the molecule is CC[C@H](C)NC(=O)[C@H](CC)N(Cc1ccccc1Cl)C(=O)CCCN(c1ccccc1C)S(C)(=O)=O. The fourth-order valence-corrected chi connectivity index (χ4v) is 5.21. The van der Waals surface area contributed by atoms with Crippen LogP contribution in [0.1, 0.15) is 57.6 Å². The fourth-order valence-electron chi connectivity index (χ4n) is 4.00. The molecule has 36 heavy (non-hydrogen) atoms. The summed E-state index contributed by atoms with van der Waals surface area (Å²) in [6.07, 6.45) is 2.79. The Morgan fingerprint density at radius 2 is 1.67 bits per heavy atom. The predicted octanol–water partition coefficient (Wildman–Crippen LogP) is 4.92. The number of hydrogen-bond donors (Lipinski definition) is 1. The first-order valence-electron chi connectivity index (χ1n) is 12.4. The number of halogens is 1. The highest BCUT2D eigenvalue weighted by Gasteiger charge is 2.30. The zero-order valence-electron chi connectivity index (χ0n) is 21.8. The molecule has 0 saturated heterocycles. The largest absolute Gasteiger partial charge is 0.352 e. The van der Waals surface area contributed by atoms with Crippen molar-refractivity contribution < 1.29 is 18.0 Å². The smallest absolute Gasteiger partial charge is 0.243 e. The molecule has 0 bridgehead atoms. The number of sulfonamides is 1. The second kappa shape index (κ2) is 13.7. The lowest BCUT2D eigenvalue weighted by molar-refractivity contribution is -0.141. The molecule has 0 unspecified atom stereocenters. The van der Waals surface area contributed by atoms with Gasteiger partial charge in [0.25, 0.3) is 0 Å². The number of para-hydroxylation sites is 1. The maximum atomic E-state index is 13.5. The van der Waals surface area contributed by atoms with Crippen molar-refractivity contribution in [2.24, 2.45) is 0 Å². The Kier molecular flexibility index (Phi) is 11.2. The van der Waals surface area contributed by atoms with Crippen LogP contribution < -0.4 is 9.62 Å². The van der Waals surface area contributed by atoms with Gasteiger partial charge in [-0.3, -0.25) is 13.9 Å². The third-order valence-corrected chi connectivity index (χ3v) is 7.77. The lowest BCUT2D eigenvalue weighted by Crippen LogP contribution is -2.50. The molecular formula is C27H38ClN3O4S. The molecular weight excluding hydrogens is 498 g/mol. The van der Waals surface area contributed by atoms with Crippen molar-refractivity contribution in [3.8, 4) is 0 Å². The average molecular weight is 536 g/mol. The molecule has 7 nitrogen and oxygen atoms in total. The van der Waals surface area contributed by atoms with E-state index in [4.69, 9.17) is 11.6 Å². The van der Waals surface area contributed by atoms with Crippen LogP contribution in [0.5, 0.6) is 0 Å². The van der Waals surface area contributed by atoms with E-state index in [9.17, 15) is 18.0 Å². The van der Waals surface area contributed by atoms with E-state index in [2.05, 4.69) is 5.32 Å². The van der Waals surface area contributed by atoms with Gasteiger partial charge in [-0.05, 0) is 56.4 Å². The van der Waals surface area contributed by atoms with Crippen LogP contribution in [0.4, 0.5) is 5.69 Å². The van der Waals surface area contributed by atoms with E-state index in [0.29, 0.717) is 23.6 Å². The van der Waals surface area contributed by atoms with Gasteiger partial charge in [0.1, 0.15) is 6.04 Å². The van der Waals surface area contributed by atoms with Gasteiger partial charge in [-0.1, -0.05) is 61.8 Å². The molecule has 0 radical (unpaired) electrons. The van der Waals surface area contributed by atoms with Crippen LogP contribution in [-0.4, -0.2) is 50.0 Å². The van der Waals surface area contributed by atoms with E-state index in [1.54, 1.807) is 23.1 Å². The molecule has 2 amide bonds. The van der Waals surface area contributed by atoms with E-state index in [-0.39, 0.29) is 37.4 Å². The summed E-state index contributed by atoms with van der Waals surface area (Å²) in [6.45, 7) is 7.99. The van der Waals surface area contributed by atoms with Gasteiger partial charge in [0.05, 0.1) is 11.9 Å². The van der Waals surface area contributed by atoms with Crippen LogP contribution in [0, 0.1) is 6.92 Å². The van der Waals surface area contributed by atoms with Crippen molar-refractivity contribution in [2.45, 2.75) is 72.0 Å². The normalized spacial score (nSPS) is 13.1. The Balaban J connectivity index is 2.25. The minimum atomic E-state index is -3.54. The Labute approximate surface area is 220 Å². The van der Waals surface area contributed by atoms with Crippen LogP contribution in [0.25, 0.3) is 0 Å². The standard InChI is InChI=1S/C27H38ClN3O4S/c1-6-21(4)29-27(33)24(7-2)30(19-22-14-9-10-15-23(22)28)26(32)17-12-18-31(36(5,34)35)25-16-11-8-13-20(25)3/h8-11,13-16,21,24H,6-7,12,17-19H2,1-5H3,(H,29,33)/t21-,24-/m0/s1. The molecule has 0 spiro atoms. The highest BCUT2D eigenvalue weighted by Crippen LogP contribution is 2.24. The van der Waals surface area contributed by atoms with Crippen molar-refractivity contribution in [1.29, 1.82) is 0 Å². The summed E-state index contributed by atoms with van der Waals surface area (Å²) in [5, 5.41) is 3.51. The van der Waals surface area contributed by atoms with Crippen LogP contribution in [0.3, 0.4) is 0 Å². The first-order valence-corrected chi connectivity index (χ1v) is 14.6. The molecule has 198 valence electrons. The number of nitrogens with zero attached hydrogens (tertiary/aromatic N) is 2. The molecule has 2 aromatic carbocycles. The number of anilines is 1. The molecule has 0 aliphatic heterocycles. The molecule has 1 N–H and O–H groups in total. The molecule has 0 aromatic heterocycles. The third kappa shape index (κ3) is 8.23. The van der Waals surface area contributed by atoms with Crippen LogP contribution in [-0.2, 0) is 26.2 Å². The quantitative estimate of drug-likeness (QED) is 0.394. The van der Waals surface area contributed by atoms with Gasteiger partial charge < -0.3 is 10.2 Å². The highest BCUT2D eigenvalue weighted by atomic mass is 35.5. The fraction of sp³-hybridized carbons (Fsp3) is 0.481. The number of carbonyl (C=O) groups is 2. The van der Waals surface area contributed by atoms with Gasteiger partial charge in [0.2, 0.25) is 21.8 Å². The van der Waals surface area contributed by atoms with Crippen LogP contribution >= 0.6 is 11.6 Å². The zero-order chi connectivity index (χ0) is 26.9. The minimum Gasteiger partial charge on any atom is -0.352 e. The molecule has 0 aliphatic carbocycles. The lowest BCUT2D eigenvalue weighted by atomic mass is 10.1. The van der Waals surface area contributed by atoms with Crippen LogP contribution in [0.2, 0.25) is 5.02 Å². The summed E-state index contributed by atoms with van der Waals surface area (Å²) in [7, 11) is -3.54. The molecule has 0 fully saturated rings. The van der Waals surface area contributed by atoms with E-state index in [1.165, 1.54) is 4.31 Å². The molecule has 9 heteroatoms. The summed E-state index contributed by atoms with van der Waals surface area (Å²) < 4.78 is 26.4. The third-order valence-electron chi connectivity index (χ3n) is 6.22. The van der Waals surface area contributed by atoms with E-state index in [1.807, 2.05) is 58.0 Å². The number of amides is 2. The highest BCUT2D eigenvalue weighted by molar-refractivity contribution is 7.92. The Bertz CT molecular complexity index is 1140. The van der Waals surface area contributed by atoms with Gasteiger partial charge in [-0.25, -0.2) is 8.42 Å². The molecule has 0 saturated carbocycles. The lowest BCUT2D eigenvalue weighted by Gasteiger charge is -2.32. The van der Waals surface area contributed by atoms with Gasteiger partial charge in [-0.2, -0.15) is 0 Å². The summed E-state index contributed by atoms with van der Waals surface area (Å²) in [5.41, 5.74) is 2.18.